The monoisotopic (exact) mass is 239 g/mol. The van der Waals surface area contributed by atoms with Crippen LogP contribution in [-0.2, 0) is 9.59 Å². The highest BCUT2D eigenvalue weighted by Gasteiger charge is 2.26. The topological polar surface area (TPSA) is 46.2 Å². The molecule has 1 fully saturated rings. The summed E-state index contributed by atoms with van der Waals surface area (Å²) in [6, 6.07) is 5.77. The van der Waals surface area contributed by atoms with Gasteiger partial charge in [-0.2, -0.15) is 0 Å². The maximum absolute atomic E-state index is 12.3. The molecule has 1 N–H and O–H groups in total. The molecule has 1 aromatic rings. The summed E-state index contributed by atoms with van der Waals surface area (Å²) in [4.78, 5) is 22.4. The zero-order valence-electron chi connectivity index (χ0n) is 8.95. The van der Waals surface area contributed by atoms with Gasteiger partial charge in [0.1, 0.15) is 0 Å². The number of piperidine rings is 1. The van der Waals surface area contributed by atoms with Gasteiger partial charge in [0.2, 0.25) is 11.8 Å². The summed E-state index contributed by atoms with van der Waals surface area (Å²) >= 11 is 0. The van der Waals surface area contributed by atoms with Crippen molar-refractivity contribution < 1.29 is 18.4 Å². The van der Waals surface area contributed by atoms with E-state index in [1.165, 1.54) is 12.1 Å². The molecule has 1 aliphatic rings. The van der Waals surface area contributed by atoms with Crippen LogP contribution in [0.2, 0.25) is 0 Å². The van der Waals surface area contributed by atoms with Crippen LogP contribution >= 0.6 is 0 Å². The van der Waals surface area contributed by atoms with E-state index in [9.17, 15) is 18.4 Å². The summed E-state index contributed by atoms with van der Waals surface area (Å²) in [6.45, 7) is 0. The molecule has 2 rings (SSSR count). The number of halogens is 2. The van der Waals surface area contributed by atoms with E-state index < -0.39 is 6.43 Å². The van der Waals surface area contributed by atoms with Gasteiger partial charge in [-0.05, 0) is 5.56 Å². The van der Waals surface area contributed by atoms with E-state index >= 15 is 0 Å². The number of carbonyl (C=O) groups is 2. The van der Waals surface area contributed by atoms with Crippen molar-refractivity contribution in [3.05, 3.63) is 35.4 Å². The maximum Gasteiger partial charge on any atom is 0.263 e. The number of carbonyl (C=O) groups excluding carboxylic acids is 2. The third-order valence-electron chi connectivity index (χ3n) is 2.80. The molecule has 1 heterocycles. The molecule has 5 heteroatoms. The summed E-state index contributed by atoms with van der Waals surface area (Å²) < 4.78 is 24.7. The molecule has 0 aromatic heterocycles. The zero-order valence-corrected chi connectivity index (χ0v) is 8.95. The van der Waals surface area contributed by atoms with Crippen molar-refractivity contribution in [2.24, 2.45) is 0 Å². The SMILES string of the molecule is O=C1CC(c2ccc(C(F)F)cc2)CC(=O)N1. The standard InChI is InChI=1S/C12H11F2NO2/c13-12(14)8-3-1-7(2-4-8)9-5-10(16)15-11(17)6-9/h1-4,9,12H,5-6H2,(H,15,16,17). The Bertz CT molecular complexity index is 426. The molecule has 1 aliphatic heterocycles. The Labute approximate surface area is 96.8 Å². The lowest BCUT2D eigenvalue weighted by molar-refractivity contribution is -0.133. The number of rotatable bonds is 2. The second kappa shape index (κ2) is 4.61. The third-order valence-corrected chi connectivity index (χ3v) is 2.80. The Hall–Kier alpha value is -1.78. The Kier molecular flexibility index (Phi) is 3.17. The molecular formula is C12H11F2NO2. The minimum absolute atomic E-state index is 0.0552. The van der Waals surface area contributed by atoms with E-state index in [2.05, 4.69) is 5.32 Å². The second-order valence-corrected chi connectivity index (χ2v) is 4.04. The van der Waals surface area contributed by atoms with Crippen LogP contribution in [0.3, 0.4) is 0 Å². The highest BCUT2D eigenvalue weighted by Crippen LogP contribution is 2.28. The smallest absolute Gasteiger partial charge is 0.263 e. The van der Waals surface area contributed by atoms with Crippen LogP contribution in [0.5, 0.6) is 0 Å². The van der Waals surface area contributed by atoms with Crippen LogP contribution in [-0.4, -0.2) is 11.8 Å². The van der Waals surface area contributed by atoms with Crippen LogP contribution < -0.4 is 5.32 Å². The molecule has 0 spiro atoms. The molecule has 1 saturated heterocycles. The predicted octanol–water partition coefficient (Wildman–Crippen LogP) is 2.14. The number of alkyl halides is 2. The van der Waals surface area contributed by atoms with E-state index in [1.807, 2.05) is 0 Å². The summed E-state index contributed by atoms with van der Waals surface area (Å²) in [5, 5.41) is 2.21. The number of nitrogens with one attached hydrogen (secondary N) is 1. The minimum atomic E-state index is -2.50. The quantitative estimate of drug-likeness (QED) is 0.804. The van der Waals surface area contributed by atoms with Gasteiger partial charge >= 0.3 is 0 Å². The first-order chi connectivity index (χ1) is 8.06. The van der Waals surface area contributed by atoms with Crippen molar-refractivity contribution in [2.75, 3.05) is 0 Å². The van der Waals surface area contributed by atoms with Crippen molar-refractivity contribution in [2.45, 2.75) is 25.2 Å². The Morgan fingerprint density at radius 3 is 2.06 bits per heavy atom. The molecule has 17 heavy (non-hydrogen) atoms. The lowest BCUT2D eigenvalue weighted by Gasteiger charge is -2.21. The molecule has 0 atom stereocenters. The number of imide groups is 1. The summed E-state index contributed by atoms with van der Waals surface area (Å²) in [7, 11) is 0. The fourth-order valence-corrected chi connectivity index (χ4v) is 1.93. The van der Waals surface area contributed by atoms with E-state index in [0.29, 0.717) is 0 Å². The van der Waals surface area contributed by atoms with Gasteiger partial charge in [-0.15, -0.1) is 0 Å². The first kappa shape index (κ1) is 11.7. The van der Waals surface area contributed by atoms with Crippen LogP contribution in [0.4, 0.5) is 8.78 Å². The average Bonchev–Trinajstić information content (AvgIpc) is 2.28. The van der Waals surface area contributed by atoms with Gasteiger partial charge in [-0.1, -0.05) is 24.3 Å². The van der Waals surface area contributed by atoms with Gasteiger partial charge in [0.15, 0.2) is 0 Å². The zero-order chi connectivity index (χ0) is 12.4. The van der Waals surface area contributed by atoms with Crippen molar-refractivity contribution in [1.82, 2.24) is 5.32 Å². The molecule has 90 valence electrons. The predicted molar refractivity (Wildman–Crippen MR) is 56.5 cm³/mol. The second-order valence-electron chi connectivity index (χ2n) is 4.04. The van der Waals surface area contributed by atoms with Gasteiger partial charge in [0, 0.05) is 24.3 Å². The Balaban J connectivity index is 2.16. The summed E-state index contributed by atoms with van der Waals surface area (Å²) in [6.07, 6.45) is -2.06. The molecule has 0 unspecified atom stereocenters. The molecule has 0 radical (unpaired) electrons. The molecule has 0 bridgehead atoms. The molecular weight excluding hydrogens is 228 g/mol. The van der Waals surface area contributed by atoms with Gasteiger partial charge in [-0.3, -0.25) is 14.9 Å². The van der Waals surface area contributed by atoms with Gasteiger partial charge < -0.3 is 0 Å². The summed E-state index contributed by atoms with van der Waals surface area (Å²) in [5.74, 6) is -0.837. The maximum atomic E-state index is 12.3. The molecule has 3 nitrogen and oxygen atoms in total. The minimum Gasteiger partial charge on any atom is -0.296 e. The van der Waals surface area contributed by atoms with E-state index in [0.717, 1.165) is 5.56 Å². The number of hydrogen-bond donors (Lipinski definition) is 1. The van der Waals surface area contributed by atoms with Gasteiger partial charge in [0.05, 0.1) is 0 Å². The van der Waals surface area contributed by atoms with Crippen LogP contribution in [0, 0.1) is 0 Å². The molecule has 0 saturated carbocycles. The first-order valence-electron chi connectivity index (χ1n) is 5.27. The van der Waals surface area contributed by atoms with Crippen molar-refractivity contribution in [3.63, 3.8) is 0 Å². The lowest BCUT2D eigenvalue weighted by Crippen LogP contribution is -2.37. The fourth-order valence-electron chi connectivity index (χ4n) is 1.93. The normalized spacial score (nSPS) is 17.4. The highest BCUT2D eigenvalue weighted by molar-refractivity contribution is 5.98. The average molecular weight is 239 g/mol. The lowest BCUT2D eigenvalue weighted by atomic mass is 9.89. The van der Waals surface area contributed by atoms with E-state index in [-0.39, 0.29) is 36.1 Å². The van der Waals surface area contributed by atoms with E-state index in [1.54, 1.807) is 12.1 Å². The largest absolute Gasteiger partial charge is 0.296 e. The van der Waals surface area contributed by atoms with Crippen LogP contribution in [0.15, 0.2) is 24.3 Å². The summed E-state index contributed by atoms with van der Waals surface area (Å²) in [5.41, 5.74) is 0.693. The molecule has 0 aliphatic carbocycles. The van der Waals surface area contributed by atoms with Crippen molar-refractivity contribution in [1.29, 1.82) is 0 Å². The first-order valence-corrected chi connectivity index (χ1v) is 5.27. The highest BCUT2D eigenvalue weighted by atomic mass is 19.3. The van der Waals surface area contributed by atoms with Crippen LogP contribution in [0.25, 0.3) is 0 Å². The van der Waals surface area contributed by atoms with Gasteiger partial charge in [-0.25, -0.2) is 8.78 Å². The van der Waals surface area contributed by atoms with Gasteiger partial charge in [0.25, 0.3) is 6.43 Å². The molecule has 1 aromatic carbocycles. The Morgan fingerprint density at radius 1 is 1.06 bits per heavy atom. The number of amides is 2. The van der Waals surface area contributed by atoms with Crippen LogP contribution in [0.1, 0.15) is 36.3 Å². The van der Waals surface area contributed by atoms with Crippen molar-refractivity contribution >= 4 is 11.8 Å². The number of benzene rings is 1. The fraction of sp³-hybridized carbons (Fsp3) is 0.333. The Morgan fingerprint density at radius 2 is 1.59 bits per heavy atom. The third kappa shape index (κ3) is 2.67. The number of hydrogen-bond acceptors (Lipinski definition) is 2. The van der Waals surface area contributed by atoms with Crippen molar-refractivity contribution in [3.8, 4) is 0 Å². The van der Waals surface area contributed by atoms with E-state index in [4.69, 9.17) is 0 Å². The molecule has 2 amide bonds.